The Kier molecular flexibility index (Phi) is 4.86. The van der Waals surface area contributed by atoms with Crippen molar-refractivity contribution in [2.45, 2.75) is 44.6 Å². The third kappa shape index (κ3) is 4.27. The number of aromatic nitrogens is 1. The highest BCUT2D eigenvalue weighted by Crippen LogP contribution is 2.29. The van der Waals surface area contributed by atoms with Gasteiger partial charge in [0.05, 0.1) is 0 Å². The van der Waals surface area contributed by atoms with E-state index in [0.29, 0.717) is 24.3 Å². The van der Waals surface area contributed by atoms with Crippen molar-refractivity contribution in [3.63, 3.8) is 0 Å². The highest BCUT2D eigenvalue weighted by Gasteiger charge is 2.33. The second kappa shape index (κ2) is 7.03. The Morgan fingerprint density at radius 2 is 2.10 bits per heavy atom. The summed E-state index contributed by atoms with van der Waals surface area (Å²) in [5, 5.41) is 3.45. The molecule has 2 aliphatic rings. The van der Waals surface area contributed by atoms with Crippen molar-refractivity contribution >= 4 is 5.91 Å². The molecule has 21 heavy (non-hydrogen) atoms. The van der Waals surface area contributed by atoms with Gasteiger partial charge in [0.15, 0.2) is 0 Å². The van der Waals surface area contributed by atoms with Crippen LogP contribution in [0.3, 0.4) is 0 Å². The van der Waals surface area contributed by atoms with Crippen LogP contribution in [0.5, 0.6) is 0 Å². The van der Waals surface area contributed by atoms with Crippen molar-refractivity contribution < 1.29 is 4.79 Å². The molecule has 1 amide bonds. The summed E-state index contributed by atoms with van der Waals surface area (Å²) in [5.74, 6) is 0.976. The summed E-state index contributed by atoms with van der Waals surface area (Å²) in [4.78, 5) is 18.7. The maximum Gasteiger partial charge on any atom is 0.223 e. The number of nitrogens with one attached hydrogen (secondary N) is 1. The van der Waals surface area contributed by atoms with Crippen LogP contribution in [0.1, 0.15) is 37.7 Å². The first-order valence-corrected chi connectivity index (χ1v) is 8.22. The van der Waals surface area contributed by atoms with Crippen molar-refractivity contribution in [2.24, 2.45) is 5.92 Å². The van der Waals surface area contributed by atoms with Gasteiger partial charge in [0, 0.05) is 31.4 Å². The van der Waals surface area contributed by atoms with Gasteiger partial charge in [0.1, 0.15) is 0 Å². The Balaban J connectivity index is 1.52. The molecule has 4 heteroatoms. The second-order valence-corrected chi connectivity index (χ2v) is 6.35. The molecule has 1 aromatic rings. The molecule has 1 saturated heterocycles. The number of nitrogens with zero attached hydrogens (tertiary/aromatic N) is 2. The molecule has 1 aliphatic carbocycles. The Bertz CT molecular complexity index is 452. The lowest BCUT2D eigenvalue weighted by Gasteiger charge is -2.30. The third-order valence-corrected chi connectivity index (χ3v) is 4.54. The SMILES string of the molecule is O=C(CCc1ccncc1)N(CC1CCCNC1)C1CC1. The van der Waals surface area contributed by atoms with Crippen LogP contribution in [0.2, 0.25) is 0 Å². The first-order valence-electron chi connectivity index (χ1n) is 8.22. The fraction of sp³-hybridized carbons (Fsp3) is 0.647. The molecule has 0 bridgehead atoms. The zero-order valence-electron chi connectivity index (χ0n) is 12.6. The van der Waals surface area contributed by atoms with Crippen LogP contribution in [-0.2, 0) is 11.2 Å². The Hall–Kier alpha value is -1.42. The van der Waals surface area contributed by atoms with E-state index in [0.717, 1.165) is 26.1 Å². The lowest BCUT2D eigenvalue weighted by Crippen LogP contribution is -2.42. The Morgan fingerprint density at radius 1 is 1.29 bits per heavy atom. The summed E-state index contributed by atoms with van der Waals surface area (Å²) >= 11 is 0. The van der Waals surface area contributed by atoms with Gasteiger partial charge in [0.2, 0.25) is 5.91 Å². The summed E-state index contributed by atoms with van der Waals surface area (Å²) < 4.78 is 0. The van der Waals surface area contributed by atoms with E-state index < -0.39 is 0 Å². The highest BCUT2D eigenvalue weighted by atomic mass is 16.2. The lowest BCUT2D eigenvalue weighted by atomic mass is 9.98. The zero-order chi connectivity index (χ0) is 14.5. The molecule has 0 radical (unpaired) electrons. The number of pyridine rings is 1. The molecule has 1 N–H and O–H groups in total. The van der Waals surface area contributed by atoms with E-state index in [1.54, 1.807) is 12.4 Å². The molecule has 0 spiro atoms. The lowest BCUT2D eigenvalue weighted by molar-refractivity contribution is -0.132. The minimum absolute atomic E-state index is 0.333. The molecule has 2 fully saturated rings. The van der Waals surface area contributed by atoms with E-state index in [2.05, 4.69) is 15.2 Å². The highest BCUT2D eigenvalue weighted by molar-refractivity contribution is 5.77. The number of aryl methyl sites for hydroxylation is 1. The summed E-state index contributed by atoms with van der Waals surface area (Å²) in [6.07, 6.45) is 9.94. The van der Waals surface area contributed by atoms with Crippen LogP contribution < -0.4 is 5.32 Å². The summed E-state index contributed by atoms with van der Waals surface area (Å²) in [7, 11) is 0. The van der Waals surface area contributed by atoms with Crippen molar-refractivity contribution in [3.8, 4) is 0 Å². The standard InChI is InChI=1S/C17H25N3O/c21-17(6-3-14-7-10-18-11-8-14)20(16-4-5-16)13-15-2-1-9-19-12-15/h7-8,10-11,15-16,19H,1-6,9,12-13H2. The number of rotatable bonds is 6. The van der Waals surface area contributed by atoms with Gasteiger partial charge in [-0.1, -0.05) is 0 Å². The minimum atomic E-state index is 0.333. The van der Waals surface area contributed by atoms with E-state index in [1.807, 2.05) is 12.1 Å². The van der Waals surface area contributed by atoms with Crippen LogP contribution in [0.15, 0.2) is 24.5 Å². The maximum atomic E-state index is 12.6. The largest absolute Gasteiger partial charge is 0.339 e. The van der Waals surface area contributed by atoms with Crippen LogP contribution >= 0.6 is 0 Å². The van der Waals surface area contributed by atoms with Crippen molar-refractivity contribution in [1.82, 2.24) is 15.2 Å². The van der Waals surface area contributed by atoms with Gasteiger partial charge in [-0.15, -0.1) is 0 Å². The third-order valence-electron chi connectivity index (χ3n) is 4.54. The normalized spacial score (nSPS) is 22.0. The Morgan fingerprint density at radius 3 is 2.76 bits per heavy atom. The van der Waals surface area contributed by atoms with Crippen molar-refractivity contribution in [3.05, 3.63) is 30.1 Å². The van der Waals surface area contributed by atoms with Crippen LogP contribution in [-0.4, -0.2) is 41.5 Å². The van der Waals surface area contributed by atoms with E-state index in [1.165, 1.54) is 31.2 Å². The molecule has 1 atom stereocenters. The zero-order valence-corrected chi connectivity index (χ0v) is 12.6. The second-order valence-electron chi connectivity index (χ2n) is 6.35. The quantitative estimate of drug-likeness (QED) is 0.870. The first kappa shape index (κ1) is 14.5. The number of carbonyl (C=O) groups is 1. The van der Waals surface area contributed by atoms with Gasteiger partial charge in [-0.2, -0.15) is 0 Å². The molecule has 4 nitrogen and oxygen atoms in total. The van der Waals surface area contributed by atoms with Crippen LogP contribution in [0, 0.1) is 5.92 Å². The first-order chi connectivity index (χ1) is 10.3. The number of amides is 1. The molecule has 0 aromatic carbocycles. The predicted octanol–water partition coefficient (Wildman–Crippen LogP) is 2.00. The average molecular weight is 287 g/mol. The van der Waals surface area contributed by atoms with Crippen LogP contribution in [0.25, 0.3) is 0 Å². The van der Waals surface area contributed by atoms with Gasteiger partial charge < -0.3 is 10.2 Å². The number of hydrogen-bond donors (Lipinski definition) is 1. The molecule has 1 aromatic heterocycles. The Labute approximate surface area is 126 Å². The molecule has 114 valence electrons. The molecule has 1 saturated carbocycles. The van der Waals surface area contributed by atoms with Gasteiger partial charge in [-0.3, -0.25) is 9.78 Å². The topological polar surface area (TPSA) is 45.2 Å². The van der Waals surface area contributed by atoms with Crippen molar-refractivity contribution in [1.29, 1.82) is 0 Å². The van der Waals surface area contributed by atoms with Gasteiger partial charge in [0.25, 0.3) is 0 Å². The molecule has 3 rings (SSSR count). The van der Waals surface area contributed by atoms with E-state index in [9.17, 15) is 4.79 Å². The van der Waals surface area contributed by atoms with E-state index in [-0.39, 0.29) is 0 Å². The average Bonchev–Trinajstić information content (AvgIpc) is 3.37. The summed E-state index contributed by atoms with van der Waals surface area (Å²) in [5.41, 5.74) is 1.20. The molecule has 1 unspecified atom stereocenters. The fourth-order valence-electron chi connectivity index (χ4n) is 3.14. The van der Waals surface area contributed by atoms with E-state index in [4.69, 9.17) is 0 Å². The van der Waals surface area contributed by atoms with Gasteiger partial charge >= 0.3 is 0 Å². The fourth-order valence-corrected chi connectivity index (χ4v) is 3.14. The van der Waals surface area contributed by atoms with Gasteiger partial charge in [-0.25, -0.2) is 0 Å². The predicted molar refractivity (Wildman–Crippen MR) is 82.9 cm³/mol. The summed E-state index contributed by atoms with van der Waals surface area (Å²) in [6, 6.07) is 4.52. The minimum Gasteiger partial charge on any atom is -0.339 e. The van der Waals surface area contributed by atoms with E-state index >= 15 is 0 Å². The number of hydrogen-bond acceptors (Lipinski definition) is 3. The number of carbonyl (C=O) groups excluding carboxylic acids is 1. The van der Waals surface area contributed by atoms with Crippen LogP contribution in [0.4, 0.5) is 0 Å². The van der Waals surface area contributed by atoms with Gasteiger partial charge in [-0.05, 0) is 68.8 Å². The maximum absolute atomic E-state index is 12.6. The summed E-state index contributed by atoms with van der Waals surface area (Å²) in [6.45, 7) is 3.16. The molecular weight excluding hydrogens is 262 g/mol. The van der Waals surface area contributed by atoms with Crippen molar-refractivity contribution in [2.75, 3.05) is 19.6 Å². The molecule has 1 aliphatic heterocycles. The monoisotopic (exact) mass is 287 g/mol. The molecular formula is C17H25N3O. The molecule has 2 heterocycles. The number of piperidine rings is 1. The smallest absolute Gasteiger partial charge is 0.223 e.